The van der Waals surface area contributed by atoms with Gasteiger partial charge in [0.05, 0.1) is 6.04 Å². The van der Waals surface area contributed by atoms with Crippen molar-refractivity contribution in [1.29, 1.82) is 0 Å². The van der Waals surface area contributed by atoms with Crippen molar-refractivity contribution < 1.29 is 22.6 Å². The highest BCUT2D eigenvalue weighted by molar-refractivity contribution is 5.85. The zero-order valence-corrected chi connectivity index (χ0v) is 20.0. The van der Waals surface area contributed by atoms with E-state index in [0.29, 0.717) is 6.61 Å². The zero-order chi connectivity index (χ0) is 22.4. The van der Waals surface area contributed by atoms with Crippen molar-refractivity contribution in [3.8, 4) is 11.5 Å². The van der Waals surface area contributed by atoms with Gasteiger partial charge in [-0.05, 0) is 29.3 Å². The molecule has 9 heteroatoms. The molecule has 1 saturated heterocycles. The largest absolute Gasteiger partial charge is 0.573 e. The molecule has 0 saturated carbocycles. The third-order valence-electron chi connectivity index (χ3n) is 5.40. The topological polar surface area (TPSA) is 33.7 Å². The van der Waals surface area contributed by atoms with Crippen LogP contribution in [-0.2, 0) is 6.61 Å². The first-order valence-electron chi connectivity index (χ1n) is 10.6. The molecule has 4 nitrogen and oxygen atoms in total. The van der Waals surface area contributed by atoms with Crippen LogP contribution in [0.25, 0.3) is 0 Å². The lowest BCUT2D eigenvalue weighted by molar-refractivity contribution is -0.274. The minimum atomic E-state index is -4.71. The molecule has 0 radical (unpaired) electrons. The molecule has 1 aliphatic rings. The van der Waals surface area contributed by atoms with E-state index in [0.717, 1.165) is 48.6 Å². The fraction of sp³-hybridized carbons (Fsp3) is 0.280. The van der Waals surface area contributed by atoms with Crippen molar-refractivity contribution in [2.45, 2.75) is 19.0 Å². The predicted molar refractivity (Wildman–Crippen MR) is 131 cm³/mol. The molecule has 0 bridgehead atoms. The van der Waals surface area contributed by atoms with E-state index in [9.17, 15) is 13.2 Å². The quantitative estimate of drug-likeness (QED) is 0.419. The number of nitrogens with one attached hydrogen (secondary N) is 1. The van der Waals surface area contributed by atoms with E-state index < -0.39 is 6.36 Å². The van der Waals surface area contributed by atoms with Crippen LogP contribution in [0.3, 0.4) is 0 Å². The molecule has 3 aromatic carbocycles. The van der Waals surface area contributed by atoms with Crippen molar-refractivity contribution in [2.24, 2.45) is 0 Å². The highest BCUT2D eigenvalue weighted by Gasteiger charge is 2.31. The molecule has 4 rings (SSSR count). The van der Waals surface area contributed by atoms with Gasteiger partial charge in [-0.15, -0.1) is 38.0 Å². The van der Waals surface area contributed by atoms with Crippen LogP contribution < -0.4 is 14.8 Å². The molecule has 0 amide bonds. The van der Waals surface area contributed by atoms with Crippen LogP contribution in [0.2, 0.25) is 0 Å². The van der Waals surface area contributed by atoms with Gasteiger partial charge in [0.25, 0.3) is 0 Å². The van der Waals surface area contributed by atoms with Gasteiger partial charge in [-0.2, -0.15) is 0 Å². The van der Waals surface area contributed by atoms with Gasteiger partial charge in [-0.25, -0.2) is 0 Å². The predicted octanol–water partition coefficient (Wildman–Crippen LogP) is 6.00. The second-order valence-corrected chi connectivity index (χ2v) is 7.62. The van der Waals surface area contributed by atoms with Crippen LogP contribution in [-0.4, -0.2) is 37.4 Å². The molecule has 34 heavy (non-hydrogen) atoms. The molecule has 184 valence electrons. The zero-order valence-electron chi connectivity index (χ0n) is 18.3. The number of halogens is 5. The van der Waals surface area contributed by atoms with E-state index in [1.807, 2.05) is 54.6 Å². The molecule has 0 aliphatic carbocycles. The van der Waals surface area contributed by atoms with Gasteiger partial charge in [-0.1, -0.05) is 60.7 Å². The van der Waals surface area contributed by atoms with Crippen LogP contribution in [0.5, 0.6) is 11.5 Å². The van der Waals surface area contributed by atoms with Crippen LogP contribution in [0.1, 0.15) is 22.7 Å². The Morgan fingerprint density at radius 3 is 2.09 bits per heavy atom. The summed E-state index contributed by atoms with van der Waals surface area (Å²) in [6, 6.07) is 23.7. The van der Waals surface area contributed by atoms with Crippen molar-refractivity contribution in [3.05, 3.63) is 95.6 Å². The van der Waals surface area contributed by atoms with Gasteiger partial charge in [-0.3, -0.25) is 4.90 Å². The summed E-state index contributed by atoms with van der Waals surface area (Å²) in [6.07, 6.45) is -4.71. The fourth-order valence-corrected chi connectivity index (χ4v) is 3.95. The number of nitrogens with zero attached hydrogens (tertiary/aromatic N) is 1. The third-order valence-corrected chi connectivity index (χ3v) is 5.40. The van der Waals surface area contributed by atoms with E-state index in [-0.39, 0.29) is 36.6 Å². The monoisotopic (exact) mass is 514 g/mol. The van der Waals surface area contributed by atoms with E-state index in [1.165, 1.54) is 12.1 Å². The van der Waals surface area contributed by atoms with Gasteiger partial charge in [0.2, 0.25) is 0 Å². The Bertz CT molecular complexity index is 999. The molecule has 0 spiro atoms. The highest BCUT2D eigenvalue weighted by Crippen LogP contribution is 2.36. The smallest absolute Gasteiger partial charge is 0.489 e. The Hall–Kier alpha value is -2.45. The van der Waals surface area contributed by atoms with Crippen LogP contribution >= 0.6 is 24.8 Å². The maximum absolute atomic E-state index is 12.6. The first-order valence-corrected chi connectivity index (χ1v) is 10.6. The molecule has 1 N–H and O–H groups in total. The highest BCUT2D eigenvalue weighted by atomic mass is 35.5. The van der Waals surface area contributed by atoms with Crippen molar-refractivity contribution in [3.63, 3.8) is 0 Å². The molecular weight excluding hydrogens is 488 g/mol. The van der Waals surface area contributed by atoms with Gasteiger partial charge < -0.3 is 14.8 Å². The Kier molecular flexibility index (Phi) is 10.5. The third kappa shape index (κ3) is 7.53. The number of ether oxygens (including phenoxy) is 2. The maximum Gasteiger partial charge on any atom is 0.573 e. The van der Waals surface area contributed by atoms with E-state index in [4.69, 9.17) is 4.74 Å². The average molecular weight is 515 g/mol. The summed E-state index contributed by atoms with van der Waals surface area (Å²) in [5.41, 5.74) is 2.93. The summed E-state index contributed by atoms with van der Waals surface area (Å²) in [4.78, 5) is 2.32. The van der Waals surface area contributed by atoms with E-state index in [1.54, 1.807) is 12.1 Å². The summed E-state index contributed by atoms with van der Waals surface area (Å²) in [5, 5.41) is 3.35. The van der Waals surface area contributed by atoms with Crippen LogP contribution in [0, 0.1) is 0 Å². The standard InChI is InChI=1S/C25H25F3N2O2.2ClH/c26-25(27,28)32-21-12-10-20(11-13-21)24(30-16-14-29-15-17-30)22-8-4-5-9-23(22)31-18-19-6-2-1-3-7-19;;/h1-13,24,29H,14-18H2;2*1H/t24-;;/m1../s1. The normalized spacial score (nSPS) is 14.9. The van der Waals surface area contributed by atoms with E-state index >= 15 is 0 Å². The molecule has 1 atom stereocenters. The van der Waals surface area contributed by atoms with Crippen LogP contribution in [0.4, 0.5) is 13.2 Å². The molecule has 0 aromatic heterocycles. The molecule has 1 fully saturated rings. The Morgan fingerprint density at radius 2 is 1.44 bits per heavy atom. The Labute approximate surface area is 209 Å². The van der Waals surface area contributed by atoms with Gasteiger partial charge >= 0.3 is 6.36 Å². The number of para-hydroxylation sites is 1. The lowest BCUT2D eigenvalue weighted by atomic mass is 9.95. The second-order valence-electron chi connectivity index (χ2n) is 7.62. The number of benzene rings is 3. The summed E-state index contributed by atoms with van der Waals surface area (Å²) in [5.74, 6) is 0.532. The summed E-state index contributed by atoms with van der Waals surface area (Å²) in [6.45, 7) is 3.76. The van der Waals surface area contributed by atoms with Gasteiger partial charge in [0, 0.05) is 31.7 Å². The molecule has 3 aromatic rings. The van der Waals surface area contributed by atoms with Gasteiger partial charge in [0.15, 0.2) is 0 Å². The maximum atomic E-state index is 12.6. The summed E-state index contributed by atoms with van der Waals surface area (Å²) < 4.78 is 48.0. The van der Waals surface area contributed by atoms with Crippen molar-refractivity contribution >= 4 is 24.8 Å². The lowest BCUT2D eigenvalue weighted by Crippen LogP contribution is -2.45. The van der Waals surface area contributed by atoms with E-state index in [2.05, 4.69) is 15.0 Å². The summed E-state index contributed by atoms with van der Waals surface area (Å²) in [7, 11) is 0. The van der Waals surface area contributed by atoms with Gasteiger partial charge in [0.1, 0.15) is 18.1 Å². The average Bonchev–Trinajstić information content (AvgIpc) is 2.80. The van der Waals surface area contributed by atoms with Crippen molar-refractivity contribution in [2.75, 3.05) is 26.2 Å². The first kappa shape index (κ1) is 27.8. The number of piperazine rings is 1. The molecule has 1 heterocycles. The van der Waals surface area contributed by atoms with Crippen LogP contribution in [0.15, 0.2) is 78.9 Å². The molecule has 1 aliphatic heterocycles. The molecular formula is C25H27Cl2F3N2O2. The SMILES string of the molecule is Cl.Cl.FC(F)(F)Oc1ccc([C@H](c2ccccc2OCc2ccccc2)N2CCNCC2)cc1. The second kappa shape index (κ2) is 12.9. The minimum absolute atomic E-state index is 0. The number of rotatable bonds is 7. The Morgan fingerprint density at radius 1 is 0.824 bits per heavy atom. The van der Waals surface area contributed by atoms with Crippen molar-refractivity contribution in [1.82, 2.24) is 10.2 Å². The molecule has 0 unspecified atom stereocenters. The summed E-state index contributed by atoms with van der Waals surface area (Å²) >= 11 is 0. The lowest BCUT2D eigenvalue weighted by Gasteiger charge is -2.36. The fourth-order valence-electron chi connectivity index (χ4n) is 3.95. The Balaban J connectivity index is 0.00000204. The number of hydrogen-bond acceptors (Lipinski definition) is 4. The first-order chi connectivity index (χ1) is 15.5. The minimum Gasteiger partial charge on any atom is -0.489 e. The number of hydrogen-bond donors (Lipinski definition) is 1. The number of alkyl halides is 3.